The molecule has 2 nitrogen and oxygen atoms in total. The van der Waals surface area contributed by atoms with Crippen molar-refractivity contribution in [3.8, 4) is 0 Å². The molecule has 1 saturated carbocycles. The smallest absolute Gasteiger partial charge is 0.0963 e. The van der Waals surface area contributed by atoms with Crippen molar-refractivity contribution in [2.24, 2.45) is 5.41 Å². The Kier molecular flexibility index (Phi) is 3.69. The van der Waals surface area contributed by atoms with Crippen molar-refractivity contribution in [3.05, 3.63) is 15.6 Å². The number of aliphatic hydroxyl groups is 1. The van der Waals surface area contributed by atoms with Gasteiger partial charge in [-0.05, 0) is 31.1 Å². The van der Waals surface area contributed by atoms with Crippen LogP contribution in [0.2, 0.25) is 0 Å². The SMILES string of the molecule is CC1(C)Cc2nc(C3CCCCCC3)sc2C(O)C1. The molecule has 2 aliphatic carbocycles. The van der Waals surface area contributed by atoms with Crippen LogP contribution in [0.5, 0.6) is 0 Å². The van der Waals surface area contributed by atoms with Crippen LogP contribution in [0, 0.1) is 5.41 Å². The van der Waals surface area contributed by atoms with E-state index in [0.29, 0.717) is 5.92 Å². The maximum Gasteiger partial charge on any atom is 0.0963 e. The van der Waals surface area contributed by atoms with Crippen LogP contribution in [0.4, 0.5) is 0 Å². The molecule has 1 N–H and O–H groups in total. The van der Waals surface area contributed by atoms with Crippen LogP contribution in [0.1, 0.15) is 86.4 Å². The molecule has 0 amide bonds. The van der Waals surface area contributed by atoms with E-state index in [1.54, 1.807) is 11.3 Å². The van der Waals surface area contributed by atoms with Gasteiger partial charge in [-0.1, -0.05) is 39.5 Å². The maximum absolute atomic E-state index is 10.3. The first-order valence-corrected chi connectivity index (χ1v) is 8.54. The number of aliphatic hydroxyl groups excluding tert-OH is 1. The first-order chi connectivity index (χ1) is 9.05. The molecule has 1 atom stereocenters. The molecule has 0 bridgehead atoms. The first kappa shape index (κ1) is 13.6. The quantitative estimate of drug-likeness (QED) is 0.763. The molecule has 19 heavy (non-hydrogen) atoms. The largest absolute Gasteiger partial charge is 0.387 e. The van der Waals surface area contributed by atoms with E-state index >= 15 is 0 Å². The van der Waals surface area contributed by atoms with E-state index in [1.165, 1.54) is 54.1 Å². The minimum Gasteiger partial charge on any atom is -0.387 e. The lowest BCUT2D eigenvalue weighted by Gasteiger charge is -2.31. The summed E-state index contributed by atoms with van der Waals surface area (Å²) in [6, 6.07) is 0. The summed E-state index contributed by atoms with van der Waals surface area (Å²) in [7, 11) is 0. The predicted molar refractivity (Wildman–Crippen MR) is 79.6 cm³/mol. The van der Waals surface area contributed by atoms with Crippen LogP contribution in [0.25, 0.3) is 0 Å². The molecule has 0 spiro atoms. The summed E-state index contributed by atoms with van der Waals surface area (Å²) in [4.78, 5) is 6.09. The van der Waals surface area contributed by atoms with Crippen molar-refractivity contribution >= 4 is 11.3 Å². The average Bonchev–Trinajstić information content (AvgIpc) is 2.58. The molecule has 1 heterocycles. The van der Waals surface area contributed by atoms with Crippen LogP contribution < -0.4 is 0 Å². The molecule has 1 fully saturated rings. The van der Waals surface area contributed by atoms with Gasteiger partial charge in [-0.3, -0.25) is 0 Å². The lowest BCUT2D eigenvalue weighted by molar-refractivity contribution is 0.102. The van der Waals surface area contributed by atoms with Gasteiger partial charge in [0.2, 0.25) is 0 Å². The van der Waals surface area contributed by atoms with Gasteiger partial charge in [0.25, 0.3) is 0 Å². The molecule has 0 aliphatic heterocycles. The van der Waals surface area contributed by atoms with Crippen LogP contribution in [0.3, 0.4) is 0 Å². The number of nitrogens with zero attached hydrogens (tertiary/aromatic N) is 1. The van der Waals surface area contributed by atoms with Gasteiger partial charge < -0.3 is 5.11 Å². The van der Waals surface area contributed by atoms with Crippen molar-refractivity contribution < 1.29 is 5.11 Å². The lowest BCUT2D eigenvalue weighted by Crippen LogP contribution is -2.24. The van der Waals surface area contributed by atoms with Crippen molar-refractivity contribution in [2.45, 2.75) is 77.2 Å². The number of thiazole rings is 1. The van der Waals surface area contributed by atoms with E-state index in [9.17, 15) is 5.11 Å². The molecule has 106 valence electrons. The molecule has 1 aromatic rings. The first-order valence-electron chi connectivity index (χ1n) is 7.73. The Morgan fingerprint density at radius 3 is 2.53 bits per heavy atom. The van der Waals surface area contributed by atoms with Crippen molar-refractivity contribution in [3.63, 3.8) is 0 Å². The van der Waals surface area contributed by atoms with Gasteiger partial charge >= 0.3 is 0 Å². The zero-order valence-electron chi connectivity index (χ0n) is 12.1. The second-order valence-corrected chi connectivity index (χ2v) is 8.17. The van der Waals surface area contributed by atoms with Gasteiger partial charge in [0, 0.05) is 5.92 Å². The summed E-state index contributed by atoms with van der Waals surface area (Å²) >= 11 is 1.80. The minimum absolute atomic E-state index is 0.196. The maximum atomic E-state index is 10.3. The highest BCUT2D eigenvalue weighted by atomic mass is 32.1. The van der Waals surface area contributed by atoms with Crippen LogP contribution in [-0.2, 0) is 6.42 Å². The average molecular weight is 279 g/mol. The Morgan fingerprint density at radius 1 is 1.16 bits per heavy atom. The molecular weight excluding hydrogens is 254 g/mol. The molecule has 1 unspecified atom stereocenters. The third-order valence-corrected chi connectivity index (χ3v) is 6.00. The fourth-order valence-electron chi connectivity index (χ4n) is 3.61. The van der Waals surface area contributed by atoms with Crippen molar-refractivity contribution in [1.29, 1.82) is 0 Å². The molecule has 0 saturated heterocycles. The second kappa shape index (κ2) is 5.17. The topological polar surface area (TPSA) is 33.1 Å². The predicted octanol–water partition coefficient (Wildman–Crippen LogP) is 4.59. The summed E-state index contributed by atoms with van der Waals surface area (Å²) < 4.78 is 0. The highest BCUT2D eigenvalue weighted by molar-refractivity contribution is 7.11. The highest BCUT2D eigenvalue weighted by Crippen LogP contribution is 2.45. The van der Waals surface area contributed by atoms with E-state index in [1.807, 2.05) is 0 Å². The normalized spacial score (nSPS) is 27.8. The summed E-state index contributed by atoms with van der Waals surface area (Å²) in [6.07, 6.45) is 9.70. The van der Waals surface area contributed by atoms with E-state index in [0.717, 1.165) is 12.8 Å². The Hall–Kier alpha value is -0.410. The zero-order chi connectivity index (χ0) is 13.5. The summed E-state index contributed by atoms with van der Waals surface area (Å²) in [5.41, 5.74) is 1.38. The Morgan fingerprint density at radius 2 is 1.84 bits per heavy atom. The number of aromatic nitrogens is 1. The number of hydrogen-bond donors (Lipinski definition) is 1. The molecule has 0 radical (unpaired) electrons. The minimum atomic E-state index is -0.282. The second-order valence-electron chi connectivity index (χ2n) is 7.11. The number of hydrogen-bond acceptors (Lipinski definition) is 3. The van der Waals surface area contributed by atoms with Crippen molar-refractivity contribution in [2.75, 3.05) is 0 Å². The summed E-state index contributed by atoms with van der Waals surface area (Å²) in [5.74, 6) is 0.661. The third-order valence-electron chi connectivity index (χ3n) is 4.64. The van der Waals surface area contributed by atoms with Gasteiger partial charge in [-0.25, -0.2) is 4.98 Å². The van der Waals surface area contributed by atoms with E-state index < -0.39 is 0 Å². The Labute approximate surface area is 120 Å². The monoisotopic (exact) mass is 279 g/mol. The Bertz CT molecular complexity index is 444. The molecule has 3 heteroatoms. The van der Waals surface area contributed by atoms with Crippen molar-refractivity contribution in [1.82, 2.24) is 4.98 Å². The lowest BCUT2D eigenvalue weighted by atomic mass is 9.77. The molecule has 0 aromatic carbocycles. The number of rotatable bonds is 1. The summed E-state index contributed by atoms with van der Waals surface area (Å²) in [6.45, 7) is 4.48. The molecule has 3 rings (SSSR count). The highest BCUT2D eigenvalue weighted by Gasteiger charge is 2.34. The molecular formula is C16H25NOS. The van der Waals surface area contributed by atoms with Crippen LogP contribution in [-0.4, -0.2) is 10.1 Å². The zero-order valence-corrected chi connectivity index (χ0v) is 12.9. The molecule has 1 aromatic heterocycles. The van der Waals surface area contributed by atoms with Crippen LogP contribution >= 0.6 is 11.3 Å². The van der Waals surface area contributed by atoms with E-state index in [-0.39, 0.29) is 11.5 Å². The van der Waals surface area contributed by atoms with Gasteiger partial charge in [0.15, 0.2) is 0 Å². The van der Waals surface area contributed by atoms with E-state index in [4.69, 9.17) is 4.98 Å². The van der Waals surface area contributed by atoms with Gasteiger partial charge in [0.1, 0.15) is 0 Å². The van der Waals surface area contributed by atoms with Gasteiger partial charge in [0.05, 0.1) is 21.7 Å². The van der Waals surface area contributed by atoms with Gasteiger partial charge in [-0.2, -0.15) is 0 Å². The van der Waals surface area contributed by atoms with Gasteiger partial charge in [-0.15, -0.1) is 11.3 Å². The van der Waals surface area contributed by atoms with E-state index in [2.05, 4.69) is 13.8 Å². The standard InChI is InChI=1S/C16H25NOS/c1-16(2)9-12-14(13(18)10-16)19-15(17-12)11-7-5-3-4-6-8-11/h11,13,18H,3-10H2,1-2H3. The number of fused-ring (bicyclic) bond motifs is 1. The molecule has 2 aliphatic rings. The fraction of sp³-hybridized carbons (Fsp3) is 0.812. The fourth-order valence-corrected chi connectivity index (χ4v) is 4.85. The van der Waals surface area contributed by atoms with Crippen LogP contribution in [0.15, 0.2) is 0 Å². The Balaban J connectivity index is 1.85. The summed E-state index contributed by atoms with van der Waals surface area (Å²) in [5, 5.41) is 11.6. The third kappa shape index (κ3) is 2.87.